The van der Waals surface area contributed by atoms with Gasteiger partial charge in [0.1, 0.15) is 22.5 Å². The minimum absolute atomic E-state index is 0.142. The minimum atomic E-state index is -0.728. The van der Waals surface area contributed by atoms with Gasteiger partial charge in [-0.2, -0.15) is 0 Å². The summed E-state index contributed by atoms with van der Waals surface area (Å²) in [4.78, 5) is 26.4. The van der Waals surface area contributed by atoms with E-state index in [4.69, 9.17) is 0 Å². The van der Waals surface area contributed by atoms with Gasteiger partial charge in [-0.25, -0.2) is 18.0 Å². The van der Waals surface area contributed by atoms with Crippen LogP contribution >= 0.6 is 11.3 Å². The van der Waals surface area contributed by atoms with E-state index in [1.807, 2.05) is 0 Å². The van der Waals surface area contributed by atoms with Gasteiger partial charge in [-0.05, 0) is 49.2 Å². The Hall–Kier alpha value is -3.47. The fourth-order valence-corrected chi connectivity index (χ4v) is 4.22. The molecule has 2 aromatic carbocycles. The number of aromatic nitrogens is 2. The molecule has 11 heteroatoms. The van der Waals surface area contributed by atoms with Crippen molar-refractivity contribution in [2.45, 2.75) is 18.8 Å². The third-order valence-corrected chi connectivity index (χ3v) is 6.05. The van der Waals surface area contributed by atoms with Crippen LogP contribution in [0.5, 0.6) is 0 Å². The summed E-state index contributed by atoms with van der Waals surface area (Å²) in [6, 6.07) is 7.65. The van der Waals surface area contributed by atoms with Gasteiger partial charge in [0, 0.05) is 30.8 Å². The lowest BCUT2D eigenvalue weighted by Gasteiger charge is -2.31. The highest BCUT2D eigenvalue weighted by atomic mass is 32.1. The van der Waals surface area contributed by atoms with Crippen molar-refractivity contribution in [3.8, 4) is 0 Å². The average Bonchev–Trinajstić information content (AvgIpc) is 3.28. The second-order valence-corrected chi connectivity index (χ2v) is 8.26. The first-order chi connectivity index (χ1) is 15.4. The molecule has 2 heterocycles. The molecule has 32 heavy (non-hydrogen) atoms. The summed E-state index contributed by atoms with van der Waals surface area (Å²) in [6.07, 6.45) is 1.42. The van der Waals surface area contributed by atoms with Crippen LogP contribution in [-0.2, 0) is 0 Å². The lowest BCUT2D eigenvalue weighted by atomic mass is 9.99. The van der Waals surface area contributed by atoms with Gasteiger partial charge < -0.3 is 15.5 Å². The molecule has 0 unspecified atom stereocenters. The highest BCUT2D eigenvalue weighted by molar-refractivity contribution is 7.13. The molecule has 166 valence electrons. The second-order valence-electron chi connectivity index (χ2n) is 7.25. The van der Waals surface area contributed by atoms with Gasteiger partial charge in [-0.3, -0.25) is 4.79 Å². The highest BCUT2D eigenvalue weighted by Crippen LogP contribution is 2.30. The summed E-state index contributed by atoms with van der Waals surface area (Å²) < 4.78 is 40.2. The van der Waals surface area contributed by atoms with E-state index in [1.165, 1.54) is 29.2 Å². The Labute approximate surface area is 185 Å². The molecule has 1 saturated heterocycles. The number of piperidine rings is 1. The third kappa shape index (κ3) is 5.05. The molecule has 1 atom stereocenters. The number of amides is 3. The van der Waals surface area contributed by atoms with Crippen molar-refractivity contribution in [2.75, 3.05) is 23.7 Å². The zero-order chi connectivity index (χ0) is 22.7. The molecule has 1 aliphatic rings. The van der Waals surface area contributed by atoms with Crippen LogP contribution in [0.15, 0.2) is 42.5 Å². The summed E-state index contributed by atoms with van der Waals surface area (Å²) in [5, 5.41) is 13.8. The lowest BCUT2D eigenvalue weighted by Crippen LogP contribution is -2.41. The van der Waals surface area contributed by atoms with Gasteiger partial charge in [0.05, 0.1) is 5.69 Å². The Bertz CT molecular complexity index is 1140. The topological polar surface area (TPSA) is 87.2 Å². The Morgan fingerprint density at radius 1 is 1.00 bits per heavy atom. The molecule has 1 fully saturated rings. The molecule has 0 saturated carbocycles. The summed E-state index contributed by atoms with van der Waals surface area (Å²) >= 11 is 1.12. The first-order valence-corrected chi connectivity index (χ1v) is 10.6. The van der Waals surface area contributed by atoms with E-state index in [1.54, 1.807) is 0 Å². The molecule has 3 amide bonds. The predicted octanol–water partition coefficient (Wildman–Crippen LogP) is 4.62. The van der Waals surface area contributed by atoms with Crippen molar-refractivity contribution < 1.29 is 22.8 Å². The molecule has 0 aliphatic carbocycles. The lowest BCUT2D eigenvalue weighted by molar-refractivity contribution is 0.102. The van der Waals surface area contributed by atoms with Crippen LogP contribution in [0.2, 0.25) is 0 Å². The molecule has 4 rings (SSSR count). The number of carbonyl (C=O) groups excluding carboxylic acids is 2. The van der Waals surface area contributed by atoms with Gasteiger partial charge in [-0.15, -0.1) is 10.2 Å². The van der Waals surface area contributed by atoms with Crippen molar-refractivity contribution in [1.29, 1.82) is 0 Å². The molecule has 1 aromatic heterocycles. The van der Waals surface area contributed by atoms with Gasteiger partial charge in [-0.1, -0.05) is 11.3 Å². The number of hydrogen-bond donors (Lipinski definition) is 2. The average molecular weight is 461 g/mol. The Kier molecular flexibility index (Phi) is 6.35. The van der Waals surface area contributed by atoms with Crippen LogP contribution < -0.4 is 10.6 Å². The van der Waals surface area contributed by atoms with Crippen LogP contribution in [0.3, 0.4) is 0 Å². The number of likely N-dealkylation sites (tertiary alicyclic amines) is 1. The number of nitrogens with zero attached hydrogens (tertiary/aromatic N) is 3. The molecule has 7 nitrogen and oxygen atoms in total. The van der Waals surface area contributed by atoms with E-state index in [0.717, 1.165) is 36.0 Å². The van der Waals surface area contributed by atoms with E-state index < -0.39 is 29.4 Å². The van der Waals surface area contributed by atoms with Gasteiger partial charge in [0.15, 0.2) is 0 Å². The van der Waals surface area contributed by atoms with E-state index in [2.05, 4.69) is 20.8 Å². The first-order valence-electron chi connectivity index (χ1n) is 9.80. The van der Waals surface area contributed by atoms with Crippen molar-refractivity contribution in [3.63, 3.8) is 0 Å². The Morgan fingerprint density at radius 3 is 2.53 bits per heavy atom. The van der Waals surface area contributed by atoms with Crippen molar-refractivity contribution in [2.24, 2.45) is 0 Å². The summed E-state index contributed by atoms with van der Waals surface area (Å²) in [6.45, 7) is 0.757. The molecule has 3 aromatic rings. The van der Waals surface area contributed by atoms with E-state index in [0.29, 0.717) is 30.2 Å². The maximum atomic E-state index is 13.8. The minimum Gasteiger partial charge on any atom is -0.324 e. The van der Waals surface area contributed by atoms with Crippen molar-refractivity contribution >= 4 is 34.6 Å². The zero-order valence-corrected chi connectivity index (χ0v) is 17.5. The van der Waals surface area contributed by atoms with Crippen LogP contribution in [0.25, 0.3) is 0 Å². The SMILES string of the molecule is O=C(Nc1ccc(F)cc1)c1nnc([C@H]2CCCN(C(=O)Nc3cc(F)ccc3F)C2)s1. The second kappa shape index (κ2) is 9.35. The standard InChI is InChI=1S/C21H18F3N5O2S/c22-13-3-6-15(7-4-13)25-18(30)20-28-27-19(32-20)12-2-1-9-29(11-12)21(31)26-17-10-14(23)5-8-16(17)24/h3-8,10,12H,1-2,9,11H2,(H,25,30)(H,26,31)/t12-/m0/s1. The number of carbonyl (C=O) groups is 2. The van der Waals surface area contributed by atoms with Crippen molar-refractivity contribution in [1.82, 2.24) is 15.1 Å². The van der Waals surface area contributed by atoms with Gasteiger partial charge in [0.25, 0.3) is 5.91 Å². The van der Waals surface area contributed by atoms with E-state index in [-0.39, 0.29) is 16.6 Å². The van der Waals surface area contributed by atoms with Crippen LogP contribution in [-0.4, -0.2) is 40.1 Å². The first kappa shape index (κ1) is 21.8. The molecular formula is C21H18F3N5O2S. The molecule has 0 radical (unpaired) electrons. The van der Waals surface area contributed by atoms with E-state index in [9.17, 15) is 22.8 Å². The third-order valence-electron chi connectivity index (χ3n) is 4.96. The molecular weight excluding hydrogens is 443 g/mol. The predicted molar refractivity (Wildman–Crippen MR) is 113 cm³/mol. The number of anilines is 2. The van der Waals surface area contributed by atoms with Crippen LogP contribution in [0.1, 0.15) is 33.6 Å². The molecule has 1 aliphatic heterocycles. The maximum absolute atomic E-state index is 13.8. The summed E-state index contributed by atoms with van der Waals surface area (Å²) in [5.74, 6) is -2.40. The summed E-state index contributed by atoms with van der Waals surface area (Å²) in [5.41, 5.74) is 0.200. The number of hydrogen-bond acceptors (Lipinski definition) is 5. The Balaban J connectivity index is 1.39. The summed E-state index contributed by atoms with van der Waals surface area (Å²) in [7, 11) is 0. The maximum Gasteiger partial charge on any atom is 0.321 e. The fourth-order valence-electron chi connectivity index (χ4n) is 3.36. The highest BCUT2D eigenvalue weighted by Gasteiger charge is 2.28. The molecule has 2 N–H and O–H groups in total. The zero-order valence-electron chi connectivity index (χ0n) is 16.6. The number of benzene rings is 2. The normalized spacial score (nSPS) is 16.0. The van der Waals surface area contributed by atoms with E-state index >= 15 is 0 Å². The van der Waals surface area contributed by atoms with Crippen molar-refractivity contribution in [3.05, 3.63) is 69.9 Å². The fraction of sp³-hybridized carbons (Fsp3) is 0.238. The monoisotopic (exact) mass is 461 g/mol. The number of rotatable bonds is 4. The van der Waals surface area contributed by atoms with Crippen LogP contribution in [0.4, 0.5) is 29.3 Å². The van der Waals surface area contributed by atoms with Crippen LogP contribution in [0, 0.1) is 17.5 Å². The van der Waals surface area contributed by atoms with Gasteiger partial charge >= 0.3 is 6.03 Å². The largest absolute Gasteiger partial charge is 0.324 e. The number of nitrogens with one attached hydrogen (secondary N) is 2. The molecule has 0 spiro atoms. The quantitative estimate of drug-likeness (QED) is 0.594. The number of halogens is 3. The smallest absolute Gasteiger partial charge is 0.321 e. The van der Waals surface area contributed by atoms with Gasteiger partial charge in [0.2, 0.25) is 5.01 Å². The Morgan fingerprint density at radius 2 is 1.75 bits per heavy atom. The molecule has 0 bridgehead atoms. The number of urea groups is 1.